The molecule has 1 aliphatic rings. The van der Waals surface area contributed by atoms with E-state index in [0.717, 1.165) is 9.56 Å². The highest BCUT2D eigenvalue weighted by molar-refractivity contribution is 9.10. The summed E-state index contributed by atoms with van der Waals surface area (Å²) in [6.45, 7) is 0. The molecule has 1 aliphatic heterocycles. The number of nitrogens with one attached hydrogen (secondary N) is 2. The highest BCUT2D eigenvalue weighted by Crippen LogP contribution is 2.47. The van der Waals surface area contributed by atoms with Crippen molar-refractivity contribution in [3.63, 3.8) is 0 Å². The fraction of sp³-hybridized carbons (Fsp3) is 0.300. The number of benzene rings is 1. The molecule has 0 bridgehead atoms. The lowest BCUT2D eigenvalue weighted by Crippen LogP contribution is -2.35. The number of carbonyl (C=O) groups excluding carboxylic acids is 1. The SMILES string of the molecule is COc1ccc(NC(=O)c2nn3c(c2Br)N[C@H](c2cccs2)C[C@H]3C(F)(F)F)cc1OC. The minimum atomic E-state index is -4.53. The van der Waals surface area contributed by atoms with Gasteiger partial charge >= 0.3 is 6.18 Å². The number of hydrogen-bond acceptors (Lipinski definition) is 6. The minimum absolute atomic E-state index is 0.106. The van der Waals surface area contributed by atoms with Gasteiger partial charge in [0.05, 0.1) is 24.7 Å². The molecule has 0 saturated heterocycles. The second-order valence-electron chi connectivity index (χ2n) is 6.99. The predicted molar refractivity (Wildman–Crippen MR) is 118 cm³/mol. The van der Waals surface area contributed by atoms with E-state index in [4.69, 9.17) is 9.47 Å². The normalized spacial score (nSPS) is 17.9. The molecule has 2 atom stereocenters. The lowest BCUT2D eigenvalue weighted by atomic mass is 10.0. The Kier molecular flexibility index (Phi) is 6.08. The molecule has 12 heteroatoms. The molecule has 32 heavy (non-hydrogen) atoms. The van der Waals surface area contributed by atoms with Crippen LogP contribution in [0.5, 0.6) is 11.5 Å². The summed E-state index contributed by atoms with van der Waals surface area (Å²) >= 11 is 4.64. The smallest absolute Gasteiger partial charge is 0.410 e. The van der Waals surface area contributed by atoms with Gasteiger partial charge in [-0.25, -0.2) is 4.68 Å². The quantitative estimate of drug-likeness (QED) is 0.446. The third-order valence-corrected chi connectivity index (χ3v) is 6.78. The fourth-order valence-electron chi connectivity index (χ4n) is 3.51. The van der Waals surface area contributed by atoms with Crippen LogP contribution >= 0.6 is 27.3 Å². The maximum Gasteiger partial charge on any atom is 0.410 e. The third-order valence-electron chi connectivity index (χ3n) is 5.04. The number of hydrogen-bond donors (Lipinski definition) is 2. The van der Waals surface area contributed by atoms with Gasteiger partial charge in [-0.1, -0.05) is 6.07 Å². The number of amides is 1. The van der Waals surface area contributed by atoms with Crippen molar-refractivity contribution >= 4 is 44.7 Å². The monoisotopic (exact) mass is 530 g/mol. The van der Waals surface area contributed by atoms with E-state index in [2.05, 4.69) is 31.7 Å². The van der Waals surface area contributed by atoms with Gasteiger partial charge in [0, 0.05) is 23.1 Å². The number of rotatable bonds is 5. The van der Waals surface area contributed by atoms with Gasteiger partial charge in [0.1, 0.15) is 5.82 Å². The van der Waals surface area contributed by atoms with Crippen molar-refractivity contribution < 1.29 is 27.4 Å². The maximum atomic E-state index is 13.9. The second kappa shape index (κ2) is 8.66. The molecule has 0 fully saturated rings. The summed E-state index contributed by atoms with van der Waals surface area (Å²) in [4.78, 5) is 13.7. The highest BCUT2D eigenvalue weighted by atomic mass is 79.9. The number of halogens is 4. The summed E-state index contributed by atoms with van der Waals surface area (Å²) in [5.41, 5.74) is 0.214. The Labute approximate surface area is 193 Å². The van der Waals surface area contributed by atoms with Crippen LogP contribution in [0.3, 0.4) is 0 Å². The van der Waals surface area contributed by atoms with Crippen LogP contribution in [0.15, 0.2) is 40.2 Å². The van der Waals surface area contributed by atoms with Gasteiger partial charge in [0.2, 0.25) is 0 Å². The number of fused-ring (bicyclic) bond motifs is 1. The average molecular weight is 531 g/mol. The molecule has 1 amide bonds. The number of aromatic nitrogens is 2. The van der Waals surface area contributed by atoms with Crippen LogP contribution in [-0.4, -0.2) is 36.1 Å². The van der Waals surface area contributed by atoms with Gasteiger partial charge in [-0.2, -0.15) is 18.3 Å². The summed E-state index contributed by atoms with van der Waals surface area (Å²) in [7, 11) is 2.94. The molecule has 1 aromatic carbocycles. The topological polar surface area (TPSA) is 77.4 Å². The van der Waals surface area contributed by atoms with E-state index < -0.39 is 24.2 Å². The van der Waals surface area contributed by atoms with Crippen molar-refractivity contribution in [1.29, 1.82) is 0 Å². The van der Waals surface area contributed by atoms with E-state index in [1.165, 1.54) is 25.6 Å². The number of nitrogens with zero attached hydrogens (tertiary/aromatic N) is 2. The second-order valence-corrected chi connectivity index (χ2v) is 8.76. The first-order valence-electron chi connectivity index (χ1n) is 9.41. The van der Waals surface area contributed by atoms with E-state index in [9.17, 15) is 18.0 Å². The lowest BCUT2D eigenvalue weighted by Gasteiger charge is -2.33. The Morgan fingerprint density at radius 1 is 1.28 bits per heavy atom. The Morgan fingerprint density at radius 3 is 2.66 bits per heavy atom. The van der Waals surface area contributed by atoms with Crippen molar-refractivity contribution in [3.05, 3.63) is 50.8 Å². The molecule has 4 rings (SSSR count). The molecule has 0 spiro atoms. The highest BCUT2D eigenvalue weighted by Gasteiger charge is 2.48. The number of alkyl halides is 3. The summed E-state index contributed by atoms with van der Waals surface area (Å²) in [6, 6.07) is 5.88. The van der Waals surface area contributed by atoms with Gasteiger partial charge in [-0.05, 0) is 39.5 Å². The first-order chi connectivity index (χ1) is 15.2. The number of anilines is 2. The van der Waals surface area contributed by atoms with Crippen LogP contribution in [0.4, 0.5) is 24.7 Å². The van der Waals surface area contributed by atoms with Gasteiger partial charge in [0.15, 0.2) is 23.2 Å². The van der Waals surface area contributed by atoms with Crippen LogP contribution in [0.25, 0.3) is 0 Å². The van der Waals surface area contributed by atoms with Crippen LogP contribution in [-0.2, 0) is 0 Å². The maximum absolute atomic E-state index is 13.9. The van der Waals surface area contributed by atoms with Gasteiger partial charge in [-0.15, -0.1) is 11.3 Å². The minimum Gasteiger partial charge on any atom is -0.493 e. The molecule has 0 aliphatic carbocycles. The first-order valence-corrected chi connectivity index (χ1v) is 11.1. The molecule has 0 radical (unpaired) electrons. The lowest BCUT2D eigenvalue weighted by molar-refractivity contribution is -0.173. The molecule has 170 valence electrons. The van der Waals surface area contributed by atoms with Crippen molar-refractivity contribution in [3.8, 4) is 11.5 Å². The van der Waals surface area contributed by atoms with Gasteiger partial charge in [0.25, 0.3) is 5.91 Å². The van der Waals surface area contributed by atoms with Crippen molar-refractivity contribution in [1.82, 2.24) is 9.78 Å². The standard InChI is InChI=1S/C20H18BrF3N4O3S/c1-30-12-6-5-10(8-13(12)31-2)25-19(29)17-16(21)18-26-11(14-4-3-7-32-14)9-15(20(22,23)24)28(18)27-17/h3-8,11,15,26H,9H2,1-2H3,(H,25,29)/t11-,15-/m0/s1. The number of carbonyl (C=O) groups is 1. The van der Waals surface area contributed by atoms with E-state index >= 15 is 0 Å². The molecule has 2 N–H and O–H groups in total. The summed E-state index contributed by atoms with van der Waals surface area (Å²) < 4.78 is 52.9. The van der Waals surface area contributed by atoms with Gasteiger partial charge in [-0.3, -0.25) is 4.79 Å². The van der Waals surface area contributed by atoms with Crippen LogP contribution in [0, 0.1) is 0 Å². The number of methoxy groups -OCH3 is 2. The summed E-state index contributed by atoms with van der Waals surface area (Å²) in [5.74, 6) is 0.308. The number of thiophene rings is 1. The molecule has 0 saturated carbocycles. The zero-order valence-electron chi connectivity index (χ0n) is 16.9. The molecule has 2 aromatic heterocycles. The molecule has 0 unspecified atom stereocenters. The average Bonchev–Trinajstić information content (AvgIpc) is 3.41. The Balaban J connectivity index is 1.67. The Hall–Kier alpha value is -2.73. The number of ether oxygens (including phenoxy) is 2. The Bertz CT molecular complexity index is 1130. The molecule has 3 heterocycles. The molecule has 3 aromatic rings. The van der Waals surface area contributed by atoms with E-state index in [1.54, 1.807) is 30.3 Å². The first kappa shape index (κ1) is 22.5. The summed E-state index contributed by atoms with van der Waals surface area (Å²) in [6.07, 6.45) is -4.77. The molecular formula is C20H18BrF3N4O3S. The van der Waals surface area contributed by atoms with Crippen LogP contribution in [0.1, 0.15) is 33.9 Å². The van der Waals surface area contributed by atoms with E-state index in [0.29, 0.717) is 17.2 Å². The summed E-state index contributed by atoms with van der Waals surface area (Å²) in [5, 5.41) is 11.5. The molecule has 7 nitrogen and oxygen atoms in total. The van der Waals surface area contributed by atoms with Gasteiger partial charge < -0.3 is 20.1 Å². The Morgan fingerprint density at radius 2 is 2.03 bits per heavy atom. The van der Waals surface area contributed by atoms with Crippen molar-refractivity contribution in [2.24, 2.45) is 0 Å². The van der Waals surface area contributed by atoms with Crippen molar-refractivity contribution in [2.45, 2.75) is 24.7 Å². The fourth-order valence-corrected chi connectivity index (χ4v) is 4.86. The third kappa shape index (κ3) is 4.16. The molecular weight excluding hydrogens is 513 g/mol. The van der Waals surface area contributed by atoms with Crippen LogP contribution < -0.4 is 20.1 Å². The van der Waals surface area contributed by atoms with E-state index in [-0.39, 0.29) is 22.4 Å². The van der Waals surface area contributed by atoms with E-state index in [1.807, 2.05) is 5.38 Å². The zero-order valence-corrected chi connectivity index (χ0v) is 19.3. The largest absolute Gasteiger partial charge is 0.493 e. The zero-order chi connectivity index (χ0) is 23.0. The predicted octanol–water partition coefficient (Wildman–Crippen LogP) is 5.64. The van der Waals surface area contributed by atoms with Crippen LogP contribution in [0.2, 0.25) is 0 Å². The van der Waals surface area contributed by atoms with Crippen molar-refractivity contribution in [2.75, 3.05) is 24.9 Å².